The molecule has 1 atom stereocenters. The van der Waals surface area contributed by atoms with Gasteiger partial charge in [-0.15, -0.1) is 5.10 Å². The molecule has 1 fully saturated rings. The first-order chi connectivity index (χ1) is 16.6. The fourth-order valence-electron chi connectivity index (χ4n) is 4.44. The molecule has 1 aliphatic heterocycles. The number of benzene rings is 2. The van der Waals surface area contributed by atoms with Crippen LogP contribution in [0.5, 0.6) is 5.75 Å². The molecular weight excluding hydrogens is 430 g/mol. The van der Waals surface area contributed by atoms with Gasteiger partial charge in [-0.25, -0.2) is 4.68 Å². The molecule has 1 unspecified atom stereocenters. The van der Waals surface area contributed by atoms with Crippen LogP contribution in [0.25, 0.3) is 16.5 Å². The maximum Gasteiger partial charge on any atom is 0.276 e. The predicted molar refractivity (Wildman–Crippen MR) is 128 cm³/mol. The number of fused-ring (bicyclic) bond motifs is 1. The van der Waals surface area contributed by atoms with Crippen LogP contribution in [0.15, 0.2) is 60.9 Å². The number of rotatable bonds is 7. The number of hydrogen-bond acceptors (Lipinski definition) is 6. The summed E-state index contributed by atoms with van der Waals surface area (Å²) < 4.78 is 12.9. The van der Waals surface area contributed by atoms with Gasteiger partial charge in [-0.2, -0.15) is 0 Å². The molecule has 4 aromatic rings. The van der Waals surface area contributed by atoms with Gasteiger partial charge in [0.25, 0.3) is 5.91 Å². The maximum absolute atomic E-state index is 13.7. The molecule has 0 spiro atoms. The number of pyridine rings is 1. The molecule has 174 valence electrons. The summed E-state index contributed by atoms with van der Waals surface area (Å²) in [5.41, 5.74) is 2.88. The summed E-state index contributed by atoms with van der Waals surface area (Å²) in [4.78, 5) is 19.7. The molecule has 0 radical (unpaired) electrons. The molecule has 8 heteroatoms. The highest BCUT2D eigenvalue weighted by Gasteiger charge is 2.27. The van der Waals surface area contributed by atoms with E-state index in [1.54, 1.807) is 22.9 Å². The summed E-state index contributed by atoms with van der Waals surface area (Å²) in [6.07, 6.45) is 5.54. The van der Waals surface area contributed by atoms with Gasteiger partial charge in [-0.05, 0) is 49.6 Å². The summed E-state index contributed by atoms with van der Waals surface area (Å²) in [6, 6.07) is 15.6. The SMILES string of the molecule is COc1cccc(CN(CC2CCCO2)C(=O)c2nnn(-c3cccc4cnccc34)c2C)c1. The Hall–Kier alpha value is -3.78. The van der Waals surface area contributed by atoms with Crippen LogP contribution in [-0.2, 0) is 11.3 Å². The van der Waals surface area contributed by atoms with E-state index >= 15 is 0 Å². The lowest BCUT2D eigenvalue weighted by atomic mass is 10.1. The Morgan fingerprint density at radius 3 is 2.94 bits per heavy atom. The van der Waals surface area contributed by atoms with Crippen LogP contribution >= 0.6 is 0 Å². The van der Waals surface area contributed by atoms with Crippen molar-refractivity contribution in [2.75, 3.05) is 20.3 Å². The summed E-state index contributed by atoms with van der Waals surface area (Å²) in [7, 11) is 1.64. The number of methoxy groups -OCH3 is 1. The molecule has 2 aromatic heterocycles. The third kappa shape index (κ3) is 4.36. The van der Waals surface area contributed by atoms with Crippen molar-refractivity contribution < 1.29 is 14.3 Å². The summed E-state index contributed by atoms with van der Waals surface area (Å²) in [5.74, 6) is 0.596. The van der Waals surface area contributed by atoms with Crippen molar-refractivity contribution in [3.63, 3.8) is 0 Å². The first-order valence-electron chi connectivity index (χ1n) is 11.4. The monoisotopic (exact) mass is 457 g/mol. The minimum Gasteiger partial charge on any atom is -0.497 e. The Labute approximate surface area is 198 Å². The molecule has 1 aliphatic rings. The van der Waals surface area contributed by atoms with E-state index in [1.165, 1.54) is 0 Å². The van der Waals surface area contributed by atoms with Gasteiger partial charge in [0.2, 0.25) is 0 Å². The van der Waals surface area contributed by atoms with E-state index in [0.717, 1.165) is 47.2 Å². The summed E-state index contributed by atoms with van der Waals surface area (Å²) >= 11 is 0. The van der Waals surface area contributed by atoms with Crippen molar-refractivity contribution >= 4 is 16.7 Å². The second-order valence-corrected chi connectivity index (χ2v) is 8.48. The van der Waals surface area contributed by atoms with E-state index in [4.69, 9.17) is 9.47 Å². The Kier molecular flexibility index (Phi) is 6.22. The van der Waals surface area contributed by atoms with Gasteiger partial charge < -0.3 is 14.4 Å². The molecule has 1 saturated heterocycles. The van der Waals surface area contributed by atoms with Crippen molar-refractivity contribution in [2.45, 2.75) is 32.4 Å². The van der Waals surface area contributed by atoms with Crippen LogP contribution < -0.4 is 4.74 Å². The molecule has 5 rings (SSSR count). The fraction of sp³-hybridized carbons (Fsp3) is 0.308. The summed E-state index contributed by atoms with van der Waals surface area (Å²) in [6.45, 7) is 3.55. The lowest BCUT2D eigenvalue weighted by Crippen LogP contribution is -2.37. The fourth-order valence-corrected chi connectivity index (χ4v) is 4.44. The Bertz CT molecular complexity index is 1310. The smallest absolute Gasteiger partial charge is 0.276 e. The van der Waals surface area contributed by atoms with Gasteiger partial charge in [0.15, 0.2) is 5.69 Å². The molecule has 1 amide bonds. The van der Waals surface area contributed by atoms with E-state index in [-0.39, 0.29) is 12.0 Å². The van der Waals surface area contributed by atoms with Crippen molar-refractivity contribution in [3.8, 4) is 11.4 Å². The van der Waals surface area contributed by atoms with E-state index < -0.39 is 0 Å². The van der Waals surface area contributed by atoms with E-state index in [1.807, 2.05) is 61.7 Å². The Morgan fingerprint density at radius 1 is 1.24 bits per heavy atom. The van der Waals surface area contributed by atoms with Gasteiger partial charge in [0.05, 0.1) is 24.6 Å². The number of nitrogens with zero attached hydrogens (tertiary/aromatic N) is 5. The zero-order valence-electron chi connectivity index (χ0n) is 19.3. The Morgan fingerprint density at radius 2 is 2.12 bits per heavy atom. The van der Waals surface area contributed by atoms with Crippen molar-refractivity contribution in [3.05, 3.63) is 77.9 Å². The molecule has 2 aromatic carbocycles. The Balaban J connectivity index is 1.47. The van der Waals surface area contributed by atoms with Crippen LogP contribution in [-0.4, -0.2) is 57.2 Å². The zero-order chi connectivity index (χ0) is 23.5. The average Bonchev–Trinajstić information content (AvgIpc) is 3.52. The molecule has 0 saturated carbocycles. The highest BCUT2D eigenvalue weighted by molar-refractivity contribution is 5.94. The van der Waals surface area contributed by atoms with Crippen molar-refractivity contribution in [1.82, 2.24) is 24.9 Å². The average molecular weight is 458 g/mol. The molecule has 0 N–H and O–H groups in total. The van der Waals surface area contributed by atoms with E-state index in [0.29, 0.717) is 24.5 Å². The van der Waals surface area contributed by atoms with E-state index in [9.17, 15) is 4.79 Å². The highest BCUT2D eigenvalue weighted by atomic mass is 16.5. The van der Waals surface area contributed by atoms with Crippen molar-refractivity contribution in [2.24, 2.45) is 0 Å². The molecule has 8 nitrogen and oxygen atoms in total. The largest absolute Gasteiger partial charge is 0.497 e. The van der Waals surface area contributed by atoms with Gasteiger partial charge in [0, 0.05) is 42.9 Å². The number of ether oxygens (including phenoxy) is 2. The van der Waals surface area contributed by atoms with Gasteiger partial charge in [0.1, 0.15) is 5.75 Å². The first-order valence-corrected chi connectivity index (χ1v) is 11.4. The number of carbonyl (C=O) groups is 1. The maximum atomic E-state index is 13.7. The third-order valence-electron chi connectivity index (χ3n) is 6.23. The lowest BCUT2D eigenvalue weighted by molar-refractivity contribution is 0.0502. The van der Waals surface area contributed by atoms with Crippen molar-refractivity contribution in [1.29, 1.82) is 0 Å². The minimum absolute atomic E-state index is 0.0236. The lowest BCUT2D eigenvalue weighted by Gasteiger charge is -2.25. The summed E-state index contributed by atoms with van der Waals surface area (Å²) in [5, 5.41) is 10.7. The zero-order valence-corrected chi connectivity index (χ0v) is 19.3. The number of hydrogen-bond donors (Lipinski definition) is 0. The minimum atomic E-state index is -0.163. The van der Waals surface area contributed by atoms with Gasteiger partial charge in [-0.3, -0.25) is 9.78 Å². The third-order valence-corrected chi connectivity index (χ3v) is 6.23. The molecule has 0 bridgehead atoms. The predicted octanol–water partition coefficient (Wildman–Crippen LogP) is 3.95. The standard InChI is InChI=1S/C26H27N5O3/c1-18-25(28-29-31(18)24-10-4-7-20-15-27-12-11-23(20)24)26(32)30(17-22-9-5-13-34-22)16-19-6-3-8-21(14-19)33-2/h3-4,6-8,10-12,14-15,22H,5,9,13,16-17H2,1-2H3. The van der Waals surface area contributed by atoms with Crippen LogP contribution in [0.3, 0.4) is 0 Å². The second kappa shape index (κ2) is 9.61. The highest BCUT2D eigenvalue weighted by Crippen LogP contribution is 2.24. The van der Waals surface area contributed by atoms with Crippen LogP contribution in [0.4, 0.5) is 0 Å². The molecule has 0 aliphatic carbocycles. The topological polar surface area (TPSA) is 82.4 Å². The molecular formula is C26H27N5O3. The second-order valence-electron chi connectivity index (χ2n) is 8.48. The number of amides is 1. The quantitative estimate of drug-likeness (QED) is 0.418. The van der Waals surface area contributed by atoms with E-state index in [2.05, 4.69) is 15.3 Å². The van der Waals surface area contributed by atoms with Crippen LogP contribution in [0.2, 0.25) is 0 Å². The normalized spacial score (nSPS) is 15.5. The van der Waals surface area contributed by atoms with Crippen LogP contribution in [0.1, 0.15) is 34.6 Å². The number of aromatic nitrogens is 4. The number of carbonyl (C=O) groups excluding carboxylic acids is 1. The molecule has 3 heterocycles. The van der Waals surface area contributed by atoms with Gasteiger partial charge in [-0.1, -0.05) is 29.5 Å². The first kappa shape index (κ1) is 22.0. The van der Waals surface area contributed by atoms with Gasteiger partial charge >= 0.3 is 0 Å². The van der Waals surface area contributed by atoms with Crippen LogP contribution in [0, 0.1) is 6.92 Å². The molecule has 34 heavy (non-hydrogen) atoms.